The van der Waals surface area contributed by atoms with Gasteiger partial charge in [0.2, 0.25) is 0 Å². The average molecular weight is 305 g/mol. The number of carbonyl (C=O) groups excluding carboxylic acids is 1. The van der Waals surface area contributed by atoms with Gasteiger partial charge in [0, 0.05) is 5.56 Å². The van der Waals surface area contributed by atoms with Crippen molar-refractivity contribution >= 4 is 6.29 Å². The number of nitrogens with zero attached hydrogens (tertiary/aromatic N) is 1. The maximum absolute atomic E-state index is 13.0. The second-order valence-electron chi connectivity index (χ2n) is 4.43. The van der Waals surface area contributed by atoms with Gasteiger partial charge in [0.25, 0.3) is 0 Å². The van der Waals surface area contributed by atoms with Crippen molar-refractivity contribution in [2.45, 2.75) is 12.8 Å². The number of hydrogen-bond acceptors (Lipinski definition) is 3. The maximum atomic E-state index is 13.0. The highest BCUT2D eigenvalue weighted by molar-refractivity contribution is 5.79. The van der Waals surface area contributed by atoms with Crippen LogP contribution in [-0.2, 0) is 12.8 Å². The Morgan fingerprint density at radius 3 is 2.55 bits per heavy atom. The monoisotopic (exact) mass is 305 g/mol. The minimum absolute atomic E-state index is 0.0793. The Hall–Kier alpha value is -2.81. The van der Waals surface area contributed by atoms with Crippen LogP contribution in [-0.4, -0.2) is 6.29 Å². The maximum Gasteiger partial charge on any atom is 0.416 e. The van der Waals surface area contributed by atoms with E-state index in [1.807, 2.05) is 0 Å². The first-order chi connectivity index (χ1) is 10.5. The van der Waals surface area contributed by atoms with Gasteiger partial charge in [-0.05, 0) is 24.3 Å². The van der Waals surface area contributed by atoms with Crippen LogP contribution >= 0.6 is 0 Å². The summed E-state index contributed by atoms with van der Waals surface area (Å²) in [6.45, 7) is -0.356. The fourth-order valence-electron chi connectivity index (χ4n) is 1.90. The van der Waals surface area contributed by atoms with Gasteiger partial charge in [-0.15, -0.1) is 0 Å². The molecule has 0 aliphatic heterocycles. The van der Waals surface area contributed by atoms with Gasteiger partial charge in [0.1, 0.15) is 12.4 Å². The molecule has 0 atom stereocenters. The highest BCUT2D eigenvalue weighted by Crippen LogP contribution is 2.33. The Morgan fingerprint density at radius 1 is 1.18 bits per heavy atom. The molecule has 0 amide bonds. The number of ether oxygens (including phenoxy) is 1. The Balaban J connectivity index is 2.30. The zero-order chi connectivity index (χ0) is 16.2. The molecule has 0 N–H and O–H groups in total. The van der Waals surface area contributed by atoms with Crippen molar-refractivity contribution in [1.29, 1.82) is 5.26 Å². The first-order valence-electron chi connectivity index (χ1n) is 6.23. The molecule has 0 spiro atoms. The van der Waals surface area contributed by atoms with E-state index in [1.165, 1.54) is 24.3 Å². The zero-order valence-corrected chi connectivity index (χ0v) is 11.2. The molecule has 0 heterocycles. The van der Waals surface area contributed by atoms with Gasteiger partial charge in [-0.25, -0.2) is 0 Å². The number of rotatable bonds is 4. The van der Waals surface area contributed by atoms with Gasteiger partial charge in [-0.3, -0.25) is 4.79 Å². The third-order valence-electron chi connectivity index (χ3n) is 2.97. The summed E-state index contributed by atoms with van der Waals surface area (Å²) in [6.07, 6.45) is -4.02. The van der Waals surface area contributed by atoms with Crippen LogP contribution in [0.2, 0.25) is 0 Å². The lowest BCUT2D eigenvalue weighted by molar-refractivity contribution is -0.138. The van der Waals surface area contributed by atoms with Crippen molar-refractivity contribution in [3.8, 4) is 11.8 Å². The van der Waals surface area contributed by atoms with E-state index < -0.39 is 11.7 Å². The minimum Gasteiger partial charge on any atom is -0.488 e. The fourth-order valence-corrected chi connectivity index (χ4v) is 1.90. The van der Waals surface area contributed by atoms with Gasteiger partial charge in [-0.2, -0.15) is 18.4 Å². The summed E-state index contributed by atoms with van der Waals surface area (Å²) in [6, 6.07) is 11.2. The van der Waals surface area contributed by atoms with Crippen molar-refractivity contribution in [1.82, 2.24) is 0 Å². The summed E-state index contributed by atoms with van der Waals surface area (Å²) in [7, 11) is 0. The van der Waals surface area contributed by atoms with Crippen LogP contribution < -0.4 is 4.74 Å². The number of benzene rings is 2. The van der Waals surface area contributed by atoms with Crippen LogP contribution in [0.3, 0.4) is 0 Å². The summed E-state index contributed by atoms with van der Waals surface area (Å²) in [5, 5.41) is 8.71. The number of hydrogen-bond donors (Lipinski definition) is 0. The van der Waals surface area contributed by atoms with E-state index in [9.17, 15) is 18.0 Å². The van der Waals surface area contributed by atoms with E-state index in [4.69, 9.17) is 10.00 Å². The average Bonchev–Trinajstić information content (AvgIpc) is 2.52. The summed E-state index contributed by atoms with van der Waals surface area (Å²) in [5.41, 5.74) is -0.851. The molecule has 0 saturated carbocycles. The predicted octanol–water partition coefficient (Wildman–Crippen LogP) is 3.97. The molecule has 0 saturated heterocycles. The standard InChI is InChI=1S/C16H10F3NO2/c17-16(18,19)14-7-11(8-20)5-6-13(14)10-22-15-4-2-1-3-12(15)9-21/h1-7,9H,10H2. The number of alkyl halides is 3. The molecule has 2 aromatic carbocycles. The molecule has 2 aromatic rings. The van der Waals surface area contributed by atoms with Crippen molar-refractivity contribution in [2.75, 3.05) is 0 Å². The summed E-state index contributed by atoms with van der Waals surface area (Å²) < 4.78 is 44.4. The summed E-state index contributed by atoms with van der Waals surface area (Å²) >= 11 is 0. The van der Waals surface area contributed by atoms with E-state index in [0.717, 1.165) is 6.07 Å². The topological polar surface area (TPSA) is 50.1 Å². The van der Waals surface area contributed by atoms with Crippen molar-refractivity contribution < 1.29 is 22.7 Å². The van der Waals surface area contributed by atoms with Crippen LogP contribution in [0, 0.1) is 11.3 Å². The number of para-hydroxylation sites is 1. The lowest BCUT2D eigenvalue weighted by Crippen LogP contribution is -2.11. The molecule has 0 bridgehead atoms. The van der Waals surface area contributed by atoms with Crippen LogP contribution in [0.15, 0.2) is 42.5 Å². The molecule has 0 fully saturated rings. The molecule has 22 heavy (non-hydrogen) atoms. The van der Waals surface area contributed by atoms with Crippen LogP contribution in [0.5, 0.6) is 5.75 Å². The molecule has 2 rings (SSSR count). The molecular weight excluding hydrogens is 295 g/mol. The highest BCUT2D eigenvalue weighted by Gasteiger charge is 2.33. The van der Waals surface area contributed by atoms with Gasteiger partial charge in [-0.1, -0.05) is 18.2 Å². The molecule has 0 aliphatic rings. The summed E-state index contributed by atoms with van der Waals surface area (Å²) in [5.74, 6) is 0.204. The molecule has 0 unspecified atom stereocenters. The number of aldehydes is 1. The van der Waals surface area contributed by atoms with E-state index in [0.29, 0.717) is 6.29 Å². The van der Waals surface area contributed by atoms with E-state index in [2.05, 4.69) is 0 Å². The van der Waals surface area contributed by atoms with E-state index in [1.54, 1.807) is 18.2 Å². The Morgan fingerprint density at radius 2 is 1.91 bits per heavy atom. The van der Waals surface area contributed by atoms with Crippen molar-refractivity contribution in [3.63, 3.8) is 0 Å². The number of carbonyl (C=O) groups is 1. The number of halogens is 3. The van der Waals surface area contributed by atoms with E-state index in [-0.39, 0.29) is 29.0 Å². The Bertz CT molecular complexity index is 733. The van der Waals surface area contributed by atoms with Crippen molar-refractivity contribution in [2.24, 2.45) is 0 Å². The van der Waals surface area contributed by atoms with Crippen LogP contribution in [0.1, 0.15) is 27.0 Å². The minimum atomic E-state index is -4.59. The second-order valence-corrected chi connectivity index (χ2v) is 4.43. The van der Waals surface area contributed by atoms with Gasteiger partial charge < -0.3 is 4.74 Å². The molecule has 0 aliphatic carbocycles. The smallest absolute Gasteiger partial charge is 0.416 e. The lowest BCUT2D eigenvalue weighted by Gasteiger charge is -2.14. The summed E-state index contributed by atoms with van der Waals surface area (Å²) in [4.78, 5) is 10.9. The van der Waals surface area contributed by atoms with Gasteiger partial charge in [0.05, 0.1) is 22.8 Å². The largest absolute Gasteiger partial charge is 0.488 e. The molecule has 3 nitrogen and oxygen atoms in total. The third-order valence-corrected chi connectivity index (χ3v) is 2.97. The zero-order valence-electron chi connectivity index (χ0n) is 11.2. The molecule has 0 aromatic heterocycles. The van der Waals surface area contributed by atoms with E-state index >= 15 is 0 Å². The van der Waals surface area contributed by atoms with Crippen molar-refractivity contribution in [3.05, 3.63) is 64.7 Å². The molecule has 6 heteroatoms. The first-order valence-corrected chi connectivity index (χ1v) is 6.23. The lowest BCUT2D eigenvalue weighted by atomic mass is 10.0. The highest BCUT2D eigenvalue weighted by atomic mass is 19.4. The van der Waals surface area contributed by atoms with Gasteiger partial charge in [0.15, 0.2) is 6.29 Å². The normalized spacial score (nSPS) is 10.8. The quantitative estimate of drug-likeness (QED) is 0.803. The Labute approximate surface area is 124 Å². The molecular formula is C16H10F3NO2. The van der Waals surface area contributed by atoms with Gasteiger partial charge >= 0.3 is 6.18 Å². The fraction of sp³-hybridized carbons (Fsp3) is 0.125. The second kappa shape index (κ2) is 6.31. The van der Waals surface area contributed by atoms with Crippen LogP contribution in [0.25, 0.3) is 0 Å². The first kappa shape index (κ1) is 15.6. The molecule has 0 radical (unpaired) electrons. The number of nitriles is 1. The predicted molar refractivity (Wildman–Crippen MR) is 72.3 cm³/mol. The SMILES string of the molecule is N#Cc1ccc(COc2ccccc2C=O)c(C(F)(F)F)c1. The molecule has 112 valence electrons. The third kappa shape index (κ3) is 3.44. The Kier molecular flexibility index (Phi) is 4.47. The van der Waals surface area contributed by atoms with Crippen LogP contribution in [0.4, 0.5) is 13.2 Å².